The first kappa shape index (κ1) is 21.1. The predicted molar refractivity (Wildman–Crippen MR) is 119 cm³/mol. The molecule has 0 radical (unpaired) electrons. The van der Waals surface area contributed by atoms with Gasteiger partial charge in [0.25, 0.3) is 5.56 Å². The summed E-state index contributed by atoms with van der Waals surface area (Å²) in [4.78, 5) is 18.7. The van der Waals surface area contributed by atoms with E-state index in [4.69, 9.17) is 9.47 Å². The Morgan fingerprint density at radius 1 is 1.13 bits per heavy atom. The third kappa shape index (κ3) is 5.94. The van der Waals surface area contributed by atoms with Crippen LogP contribution in [0.4, 0.5) is 5.95 Å². The summed E-state index contributed by atoms with van der Waals surface area (Å²) in [5.41, 5.74) is 6.41. The van der Waals surface area contributed by atoms with E-state index in [1.165, 1.54) is 11.6 Å². The lowest BCUT2D eigenvalue weighted by molar-refractivity contribution is 0.284. The van der Waals surface area contributed by atoms with Gasteiger partial charge in [0, 0.05) is 11.8 Å². The van der Waals surface area contributed by atoms with E-state index in [2.05, 4.69) is 39.6 Å². The van der Waals surface area contributed by atoms with Gasteiger partial charge in [0.05, 0.1) is 13.3 Å². The average Bonchev–Trinajstić information content (AvgIpc) is 2.73. The number of hydrogen-bond acceptors (Lipinski definition) is 6. The number of benzene rings is 2. The van der Waals surface area contributed by atoms with Crippen molar-refractivity contribution in [3.8, 4) is 11.5 Å². The first-order valence-electron chi connectivity index (χ1n) is 9.83. The maximum Gasteiger partial charge on any atom is 0.252 e. The second-order valence-electron chi connectivity index (χ2n) is 6.89. The fourth-order valence-electron chi connectivity index (χ4n) is 2.84. The Morgan fingerprint density at radius 3 is 2.67 bits per heavy atom. The van der Waals surface area contributed by atoms with Gasteiger partial charge in [-0.25, -0.2) is 10.4 Å². The summed E-state index contributed by atoms with van der Waals surface area (Å²) < 4.78 is 11.3. The van der Waals surface area contributed by atoms with Crippen LogP contribution in [0.1, 0.15) is 35.7 Å². The Balaban J connectivity index is 1.65. The van der Waals surface area contributed by atoms with Crippen LogP contribution in [0.5, 0.6) is 11.5 Å². The molecule has 0 unspecified atom stereocenters. The highest BCUT2D eigenvalue weighted by Gasteiger charge is 2.06. The number of rotatable bonds is 9. The van der Waals surface area contributed by atoms with E-state index in [0.717, 1.165) is 29.7 Å². The average molecular weight is 406 g/mol. The van der Waals surface area contributed by atoms with Crippen molar-refractivity contribution in [3.05, 3.63) is 81.3 Å². The van der Waals surface area contributed by atoms with Crippen molar-refractivity contribution in [2.75, 3.05) is 12.5 Å². The minimum Gasteiger partial charge on any atom is -0.493 e. The lowest BCUT2D eigenvalue weighted by Crippen LogP contribution is -2.12. The number of H-pyrrole nitrogens is 1. The predicted octanol–water partition coefficient (Wildman–Crippen LogP) is 4.06. The summed E-state index contributed by atoms with van der Waals surface area (Å²) in [5.74, 6) is 1.58. The van der Waals surface area contributed by atoms with Crippen molar-refractivity contribution in [1.29, 1.82) is 0 Å². The monoisotopic (exact) mass is 406 g/mol. The summed E-state index contributed by atoms with van der Waals surface area (Å²) in [5, 5.41) is 4.16. The van der Waals surface area contributed by atoms with Gasteiger partial charge in [-0.1, -0.05) is 43.2 Å². The zero-order valence-corrected chi connectivity index (χ0v) is 17.4. The molecular formula is C23H26N4O3. The molecule has 0 saturated carbocycles. The van der Waals surface area contributed by atoms with E-state index in [1.807, 2.05) is 37.3 Å². The van der Waals surface area contributed by atoms with E-state index in [9.17, 15) is 4.79 Å². The smallest absolute Gasteiger partial charge is 0.252 e. The summed E-state index contributed by atoms with van der Waals surface area (Å²) in [6.07, 6.45) is 3.28. The molecule has 0 bridgehead atoms. The van der Waals surface area contributed by atoms with Gasteiger partial charge in [-0.2, -0.15) is 5.10 Å². The molecular weight excluding hydrogens is 380 g/mol. The molecule has 0 amide bonds. The van der Waals surface area contributed by atoms with Crippen molar-refractivity contribution < 1.29 is 9.47 Å². The van der Waals surface area contributed by atoms with Crippen molar-refractivity contribution >= 4 is 12.2 Å². The summed E-state index contributed by atoms with van der Waals surface area (Å²) in [6.45, 7) is 4.55. The highest BCUT2D eigenvalue weighted by molar-refractivity contribution is 5.81. The molecule has 0 spiro atoms. The van der Waals surface area contributed by atoms with Crippen LogP contribution in [-0.4, -0.2) is 23.3 Å². The second-order valence-corrected chi connectivity index (χ2v) is 6.89. The molecule has 1 heterocycles. The normalized spacial score (nSPS) is 10.9. The third-order valence-electron chi connectivity index (χ3n) is 4.39. The van der Waals surface area contributed by atoms with Crippen LogP contribution in [0.3, 0.4) is 0 Å². The molecule has 3 rings (SSSR count). The number of aromatic amines is 1. The molecule has 0 aliphatic carbocycles. The summed E-state index contributed by atoms with van der Waals surface area (Å²) >= 11 is 0. The Hall–Kier alpha value is -3.61. The molecule has 2 aromatic carbocycles. The van der Waals surface area contributed by atoms with Crippen LogP contribution in [0.2, 0.25) is 0 Å². The lowest BCUT2D eigenvalue weighted by atomic mass is 10.2. The van der Waals surface area contributed by atoms with Crippen LogP contribution < -0.4 is 20.5 Å². The van der Waals surface area contributed by atoms with Gasteiger partial charge in [-0.05, 0) is 42.7 Å². The molecule has 156 valence electrons. The van der Waals surface area contributed by atoms with E-state index < -0.39 is 0 Å². The number of nitrogens with one attached hydrogen (secondary N) is 2. The SMILES string of the molecule is CCCc1cc(=O)[nH]c(N/N=C/c2ccc(OCc3ccc(C)cc3)c(OC)c2)n1. The highest BCUT2D eigenvalue weighted by Crippen LogP contribution is 2.28. The van der Waals surface area contributed by atoms with E-state index in [-0.39, 0.29) is 5.56 Å². The number of aryl methyl sites for hydroxylation is 2. The fourth-order valence-corrected chi connectivity index (χ4v) is 2.84. The molecule has 0 atom stereocenters. The fraction of sp³-hybridized carbons (Fsp3) is 0.261. The molecule has 0 saturated heterocycles. The van der Waals surface area contributed by atoms with Gasteiger partial charge in [0.2, 0.25) is 5.95 Å². The molecule has 7 nitrogen and oxygen atoms in total. The maximum atomic E-state index is 11.7. The largest absolute Gasteiger partial charge is 0.493 e. The first-order valence-corrected chi connectivity index (χ1v) is 9.83. The van der Waals surface area contributed by atoms with Crippen molar-refractivity contribution in [2.24, 2.45) is 5.10 Å². The Labute approximate surface area is 175 Å². The third-order valence-corrected chi connectivity index (χ3v) is 4.39. The molecule has 7 heteroatoms. The maximum absolute atomic E-state index is 11.7. The van der Waals surface area contributed by atoms with Gasteiger partial charge in [0.15, 0.2) is 11.5 Å². The van der Waals surface area contributed by atoms with Gasteiger partial charge < -0.3 is 9.47 Å². The molecule has 0 fully saturated rings. The van der Waals surface area contributed by atoms with Crippen molar-refractivity contribution in [3.63, 3.8) is 0 Å². The molecule has 30 heavy (non-hydrogen) atoms. The lowest BCUT2D eigenvalue weighted by Gasteiger charge is -2.11. The van der Waals surface area contributed by atoms with Gasteiger partial charge >= 0.3 is 0 Å². The van der Waals surface area contributed by atoms with E-state index in [0.29, 0.717) is 24.1 Å². The van der Waals surface area contributed by atoms with Gasteiger partial charge in [0.1, 0.15) is 6.61 Å². The number of nitrogens with zero attached hydrogens (tertiary/aromatic N) is 2. The minimum atomic E-state index is -0.206. The van der Waals surface area contributed by atoms with Crippen LogP contribution in [-0.2, 0) is 13.0 Å². The molecule has 0 aliphatic rings. The Morgan fingerprint density at radius 2 is 1.93 bits per heavy atom. The second kappa shape index (κ2) is 10.2. The molecule has 2 N–H and O–H groups in total. The van der Waals surface area contributed by atoms with Crippen LogP contribution >= 0.6 is 0 Å². The van der Waals surface area contributed by atoms with Crippen LogP contribution in [0, 0.1) is 6.92 Å². The van der Waals surface area contributed by atoms with Crippen molar-refractivity contribution in [1.82, 2.24) is 9.97 Å². The van der Waals surface area contributed by atoms with E-state index in [1.54, 1.807) is 13.3 Å². The molecule has 1 aromatic heterocycles. The molecule has 0 aliphatic heterocycles. The van der Waals surface area contributed by atoms with Crippen molar-refractivity contribution in [2.45, 2.75) is 33.3 Å². The topological polar surface area (TPSA) is 88.6 Å². The van der Waals surface area contributed by atoms with Crippen LogP contribution in [0.15, 0.2) is 58.4 Å². The van der Waals surface area contributed by atoms with Gasteiger partial charge in [-0.15, -0.1) is 0 Å². The number of anilines is 1. The Bertz CT molecular complexity index is 1060. The number of ether oxygens (including phenoxy) is 2. The zero-order chi connectivity index (χ0) is 21.3. The Kier molecular flexibility index (Phi) is 7.21. The molecule has 3 aromatic rings. The zero-order valence-electron chi connectivity index (χ0n) is 17.4. The summed E-state index contributed by atoms with van der Waals surface area (Å²) in [6, 6.07) is 15.3. The van der Waals surface area contributed by atoms with Gasteiger partial charge in [-0.3, -0.25) is 9.78 Å². The standard InChI is InChI=1S/C23H26N4O3/c1-4-5-19-13-22(28)26-23(25-19)27-24-14-18-10-11-20(21(12-18)29-3)30-15-17-8-6-16(2)7-9-17/h6-14H,4-5,15H2,1-3H3,(H2,25,26,27,28)/b24-14+. The number of hydrazone groups is 1. The van der Waals surface area contributed by atoms with E-state index >= 15 is 0 Å². The number of aromatic nitrogens is 2. The quantitative estimate of drug-likeness (QED) is 0.413. The first-order chi connectivity index (χ1) is 14.6. The van der Waals surface area contributed by atoms with Crippen LogP contribution in [0.25, 0.3) is 0 Å². The number of hydrogen-bond donors (Lipinski definition) is 2. The number of methoxy groups -OCH3 is 1. The minimum absolute atomic E-state index is 0.206. The highest BCUT2D eigenvalue weighted by atomic mass is 16.5. The summed E-state index contributed by atoms with van der Waals surface area (Å²) in [7, 11) is 1.60.